The highest BCUT2D eigenvalue weighted by atomic mass is 19.4. The van der Waals surface area contributed by atoms with E-state index in [0.29, 0.717) is 35.5 Å². The topological polar surface area (TPSA) is 49.9 Å². The first-order valence-electron chi connectivity index (χ1n) is 10.5. The van der Waals surface area contributed by atoms with Crippen LogP contribution >= 0.6 is 0 Å². The molecule has 2 heterocycles. The summed E-state index contributed by atoms with van der Waals surface area (Å²) in [5.41, 5.74) is 1.85. The zero-order valence-corrected chi connectivity index (χ0v) is 17.4. The van der Waals surface area contributed by atoms with Gasteiger partial charge in [-0.25, -0.2) is 0 Å². The third-order valence-corrected chi connectivity index (χ3v) is 5.88. The first kappa shape index (κ1) is 21.1. The van der Waals surface area contributed by atoms with E-state index in [0.717, 1.165) is 23.4 Å². The molecule has 3 aromatic rings. The second-order valence-electron chi connectivity index (χ2n) is 7.91. The molecule has 0 aromatic heterocycles. The number of benzene rings is 3. The average Bonchev–Trinajstić information content (AvgIpc) is 2.95. The number of hydrogen-bond acceptors (Lipinski definition) is 4. The summed E-state index contributed by atoms with van der Waals surface area (Å²) in [6, 6.07) is 17.4. The van der Waals surface area contributed by atoms with Crippen LogP contribution in [0, 0.1) is 0 Å². The fraction of sp³-hybridized carbons (Fsp3) is 0.200. The summed E-state index contributed by atoms with van der Waals surface area (Å²) in [5.74, 6) is -0.357. The Kier molecular flexibility index (Phi) is 5.08. The van der Waals surface area contributed by atoms with Gasteiger partial charge in [0.15, 0.2) is 0 Å². The van der Waals surface area contributed by atoms with Gasteiger partial charge in [-0.15, -0.1) is 0 Å². The van der Waals surface area contributed by atoms with Crippen LogP contribution < -0.4 is 9.64 Å². The number of fused-ring (bicyclic) bond motifs is 3. The Morgan fingerprint density at radius 1 is 0.788 bits per heavy atom. The molecule has 2 aliphatic rings. The van der Waals surface area contributed by atoms with Gasteiger partial charge in [0, 0.05) is 24.3 Å². The van der Waals surface area contributed by atoms with Crippen molar-refractivity contribution < 1.29 is 27.5 Å². The molecule has 5 rings (SSSR count). The van der Waals surface area contributed by atoms with Gasteiger partial charge >= 0.3 is 6.18 Å². The van der Waals surface area contributed by atoms with E-state index < -0.39 is 11.7 Å². The van der Waals surface area contributed by atoms with Crippen molar-refractivity contribution in [1.29, 1.82) is 0 Å². The summed E-state index contributed by atoms with van der Waals surface area (Å²) in [7, 11) is 0. The van der Waals surface area contributed by atoms with E-state index in [4.69, 9.17) is 4.74 Å². The van der Waals surface area contributed by atoms with Crippen LogP contribution in [0.3, 0.4) is 0 Å². The highest BCUT2D eigenvalue weighted by Crippen LogP contribution is 2.42. The summed E-state index contributed by atoms with van der Waals surface area (Å²) in [4.78, 5) is 28.2. The lowest BCUT2D eigenvalue weighted by molar-refractivity contribution is -0.137. The molecule has 0 bridgehead atoms. The second-order valence-corrected chi connectivity index (χ2v) is 7.91. The molecule has 8 heteroatoms. The standard InChI is InChI=1S/C25H19F3N2O3/c26-25(27,28)17-10-11-22-21(14-17)29(20-9-4-1-6-16(20)15-33-22)12-5-13-30-23(31)18-7-2-3-8-19(18)24(30)32/h1-4,6-11,14H,5,12-13,15H2. The Balaban J connectivity index is 1.43. The van der Waals surface area contributed by atoms with Gasteiger partial charge in [0.05, 0.1) is 22.4 Å². The van der Waals surface area contributed by atoms with Crippen LogP contribution in [0.4, 0.5) is 24.5 Å². The van der Waals surface area contributed by atoms with E-state index in [-0.39, 0.29) is 25.0 Å². The molecule has 0 radical (unpaired) electrons. The van der Waals surface area contributed by atoms with Crippen molar-refractivity contribution in [2.45, 2.75) is 19.2 Å². The smallest absolute Gasteiger partial charge is 0.416 e. The molecule has 0 saturated heterocycles. The van der Waals surface area contributed by atoms with Crippen molar-refractivity contribution in [3.05, 3.63) is 89.0 Å². The number of ether oxygens (including phenoxy) is 1. The van der Waals surface area contributed by atoms with Crippen LogP contribution in [-0.2, 0) is 12.8 Å². The van der Waals surface area contributed by atoms with Crippen molar-refractivity contribution in [3.63, 3.8) is 0 Å². The lowest BCUT2D eigenvalue weighted by atomic mass is 10.1. The summed E-state index contributed by atoms with van der Waals surface area (Å²) < 4.78 is 46.0. The van der Waals surface area contributed by atoms with Gasteiger partial charge in [-0.3, -0.25) is 14.5 Å². The Morgan fingerprint density at radius 3 is 2.12 bits per heavy atom. The second kappa shape index (κ2) is 7.95. The number of rotatable bonds is 4. The van der Waals surface area contributed by atoms with Gasteiger partial charge < -0.3 is 9.64 Å². The van der Waals surface area contributed by atoms with Crippen molar-refractivity contribution >= 4 is 23.2 Å². The number of alkyl halides is 3. The molecule has 168 valence electrons. The summed E-state index contributed by atoms with van der Waals surface area (Å²) >= 11 is 0. The van der Waals surface area contributed by atoms with Gasteiger partial charge in [0.2, 0.25) is 0 Å². The number of carbonyl (C=O) groups excluding carboxylic acids is 2. The predicted octanol–water partition coefficient (Wildman–Crippen LogP) is 5.42. The minimum absolute atomic E-state index is 0.153. The Bertz CT molecular complexity index is 1220. The predicted molar refractivity (Wildman–Crippen MR) is 116 cm³/mol. The molecule has 3 aromatic carbocycles. The molecular weight excluding hydrogens is 433 g/mol. The van der Waals surface area contributed by atoms with Gasteiger partial charge in [-0.05, 0) is 42.8 Å². The quantitative estimate of drug-likeness (QED) is 0.496. The number of para-hydroxylation sites is 1. The van der Waals surface area contributed by atoms with E-state index >= 15 is 0 Å². The van der Waals surface area contributed by atoms with Crippen LogP contribution in [0.25, 0.3) is 0 Å². The number of halogens is 3. The van der Waals surface area contributed by atoms with E-state index in [1.807, 2.05) is 24.3 Å². The van der Waals surface area contributed by atoms with Crippen molar-refractivity contribution in [3.8, 4) is 5.75 Å². The van der Waals surface area contributed by atoms with Crippen LogP contribution in [0.1, 0.15) is 38.3 Å². The number of carbonyl (C=O) groups is 2. The maximum Gasteiger partial charge on any atom is 0.416 e. The van der Waals surface area contributed by atoms with Gasteiger partial charge in [-0.2, -0.15) is 13.2 Å². The lowest BCUT2D eigenvalue weighted by Crippen LogP contribution is -2.33. The Labute approximate surface area is 188 Å². The van der Waals surface area contributed by atoms with Gasteiger partial charge in [0.25, 0.3) is 11.8 Å². The molecule has 0 saturated carbocycles. The average molecular weight is 452 g/mol. The summed E-state index contributed by atoms with van der Waals surface area (Å²) in [5, 5.41) is 0. The minimum atomic E-state index is -4.49. The van der Waals surface area contributed by atoms with Gasteiger partial charge in [0.1, 0.15) is 12.4 Å². The van der Waals surface area contributed by atoms with Gasteiger partial charge in [-0.1, -0.05) is 30.3 Å². The maximum absolute atomic E-state index is 13.4. The van der Waals surface area contributed by atoms with Crippen LogP contribution in [0.2, 0.25) is 0 Å². The Hall–Kier alpha value is -3.81. The van der Waals surface area contributed by atoms with E-state index in [9.17, 15) is 22.8 Å². The fourth-order valence-corrected chi connectivity index (χ4v) is 4.28. The van der Waals surface area contributed by atoms with Crippen LogP contribution in [-0.4, -0.2) is 29.8 Å². The molecule has 5 nitrogen and oxygen atoms in total. The number of imide groups is 1. The monoisotopic (exact) mass is 452 g/mol. The van der Waals surface area contributed by atoms with E-state index in [2.05, 4.69) is 0 Å². The number of amides is 2. The molecule has 33 heavy (non-hydrogen) atoms. The summed E-state index contributed by atoms with van der Waals surface area (Å²) in [6.45, 7) is 0.672. The largest absolute Gasteiger partial charge is 0.487 e. The normalized spacial score (nSPS) is 15.0. The highest BCUT2D eigenvalue weighted by Gasteiger charge is 2.35. The van der Waals surface area contributed by atoms with E-state index in [1.54, 1.807) is 29.2 Å². The SMILES string of the molecule is O=C1c2ccccc2C(=O)N1CCCN1c2ccccc2COc2ccc(C(F)(F)F)cc21. The molecule has 0 aliphatic carbocycles. The third-order valence-electron chi connectivity index (χ3n) is 5.88. The maximum atomic E-state index is 13.4. The fourth-order valence-electron chi connectivity index (χ4n) is 4.28. The van der Waals surface area contributed by atoms with E-state index in [1.165, 1.54) is 11.0 Å². The molecule has 0 N–H and O–H groups in total. The van der Waals surface area contributed by atoms with Crippen molar-refractivity contribution in [2.75, 3.05) is 18.0 Å². The first-order chi connectivity index (χ1) is 15.8. The molecule has 0 fully saturated rings. The van der Waals surface area contributed by atoms with Crippen molar-refractivity contribution in [2.24, 2.45) is 0 Å². The van der Waals surface area contributed by atoms with Crippen LogP contribution in [0.5, 0.6) is 5.75 Å². The zero-order chi connectivity index (χ0) is 23.2. The highest BCUT2D eigenvalue weighted by molar-refractivity contribution is 6.21. The summed E-state index contributed by atoms with van der Waals surface area (Å²) in [6.07, 6.45) is -4.12. The zero-order valence-electron chi connectivity index (χ0n) is 17.4. The molecule has 2 aliphatic heterocycles. The molecular formula is C25H19F3N2O3. The van der Waals surface area contributed by atoms with Crippen LogP contribution in [0.15, 0.2) is 66.7 Å². The molecule has 0 atom stereocenters. The number of anilines is 2. The Morgan fingerprint density at radius 2 is 1.42 bits per heavy atom. The number of nitrogens with zero attached hydrogens (tertiary/aromatic N) is 2. The van der Waals surface area contributed by atoms with Crippen molar-refractivity contribution in [1.82, 2.24) is 4.90 Å². The molecule has 0 unspecified atom stereocenters. The first-order valence-corrected chi connectivity index (χ1v) is 10.5. The minimum Gasteiger partial charge on any atom is -0.487 e. The third kappa shape index (κ3) is 3.71. The lowest BCUT2D eigenvalue weighted by Gasteiger charge is -2.27. The molecule has 0 spiro atoms. The number of hydrogen-bond donors (Lipinski definition) is 0. The molecule has 2 amide bonds.